The summed E-state index contributed by atoms with van der Waals surface area (Å²) in [6.45, 7) is 2.21. The molecule has 0 radical (unpaired) electrons. The van der Waals surface area contributed by atoms with Gasteiger partial charge in [0.05, 0.1) is 4.91 Å². The van der Waals surface area contributed by atoms with E-state index in [2.05, 4.69) is 12.1 Å². The van der Waals surface area contributed by atoms with E-state index in [9.17, 15) is 9.59 Å². The van der Waals surface area contributed by atoms with Gasteiger partial charge in [-0.1, -0.05) is 42.1 Å². The van der Waals surface area contributed by atoms with Crippen molar-refractivity contribution in [2.45, 2.75) is 16.7 Å². The first-order valence-electron chi connectivity index (χ1n) is 7.25. The highest BCUT2D eigenvalue weighted by Gasteiger charge is 2.33. The Morgan fingerprint density at radius 3 is 2.26 bits per heavy atom. The highest BCUT2D eigenvalue weighted by Crippen LogP contribution is 2.32. The van der Waals surface area contributed by atoms with Gasteiger partial charge in [-0.25, -0.2) is 0 Å². The van der Waals surface area contributed by atoms with Crippen LogP contribution >= 0.6 is 23.5 Å². The molecular formula is C18H15NO2S2. The van der Waals surface area contributed by atoms with Gasteiger partial charge >= 0.3 is 0 Å². The maximum Gasteiger partial charge on any atom is 0.293 e. The van der Waals surface area contributed by atoms with Gasteiger partial charge in [-0.2, -0.15) is 0 Å². The Balaban J connectivity index is 1.74. The van der Waals surface area contributed by atoms with Gasteiger partial charge in [-0.3, -0.25) is 14.5 Å². The first-order valence-corrected chi connectivity index (χ1v) is 8.89. The Morgan fingerprint density at radius 1 is 1.00 bits per heavy atom. The lowest BCUT2D eigenvalue weighted by atomic mass is 10.2. The summed E-state index contributed by atoms with van der Waals surface area (Å²) in [4.78, 5) is 27.8. The third-order valence-electron chi connectivity index (χ3n) is 3.35. The molecule has 1 fully saturated rings. The molecule has 0 aromatic heterocycles. The molecule has 2 amide bonds. The Kier molecular flexibility index (Phi) is 4.88. The largest absolute Gasteiger partial charge is 0.293 e. The normalized spacial score (nSPS) is 16.4. The summed E-state index contributed by atoms with van der Waals surface area (Å²) in [6, 6.07) is 18.1. The number of carbonyl (C=O) groups excluding carboxylic acids is 2. The van der Waals surface area contributed by atoms with Crippen molar-refractivity contribution in [1.29, 1.82) is 0 Å². The third kappa shape index (κ3) is 3.68. The summed E-state index contributed by atoms with van der Waals surface area (Å²) >= 11 is 2.69. The van der Waals surface area contributed by atoms with Crippen LogP contribution in [0.25, 0.3) is 6.08 Å². The molecule has 0 unspecified atom stereocenters. The van der Waals surface area contributed by atoms with Crippen molar-refractivity contribution in [3.05, 3.63) is 65.1 Å². The van der Waals surface area contributed by atoms with Crippen molar-refractivity contribution >= 4 is 40.7 Å². The maximum absolute atomic E-state index is 12.1. The van der Waals surface area contributed by atoms with Crippen LogP contribution in [0.4, 0.5) is 4.79 Å². The van der Waals surface area contributed by atoms with Crippen LogP contribution in [0.15, 0.2) is 69.3 Å². The summed E-state index contributed by atoms with van der Waals surface area (Å²) in [7, 11) is 0. The monoisotopic (exact) mass is 341 g/mol. The molecule has 2 aromatic rings. The molecule has 1 heterocycles. The third-order valence-corrected chi connectivity index (χ3v) is 5.27. The van der Waals surface area contributed by atoms with Gasteiger partial charge in [0, 0.05) is 16.3 Å². The van der Waals surface area contributed by atoms with Crippen molar-refractivity contribution in [3.8, 4) is 0 Å². The number of hydrogen-bond acceptors (Lipinski definition) is 4. The SMILES string of the molecule is CCN1C(=O)S/C(=C/c2ccc(Sc3ccccc3)cc2)C1=O. The number of amides is 2. The van der Waals surface area contributed by atoms with Gasteiger partial charge in [0.15, 0.2) is 0 Å². The zero-order chi connectivity index (χ0) is 16.2. The molecule has 23 heavy (non-hydrogen) atoms. The van der Waals surface area contributed by atoms with Crippen LogP contribution in [0.2, 0.25) is 0 Å². The first kappa shape index (κ1) is 15.9. The smallest absolute Gasteiger partial charge is 0.269 e. The maximum atomic E-state index is 12.1. The molecule has 0 saturated carbocycles. The number of nitrogens with zero attached hydrogens (tertiary/aromatic N) is 1. The van der Waals surface area contributed by atoms with Crippen molar-refractivity contribution in [2.24, 2.45) is 0 Å². The van der Waals surface area contributed by atoms with Crippen LogP contribution in [0.5, 0.6) is 0 Å². The van der Waals surface area contributed by atoms with E-state index < -0.39 is 0 Å². The number of imide groups is 1. The molecule has 2 aromatic carbocycles. The Hall–Kier alpha value is -1.98. The minimum absolute atomic E-state index is 0.194. The van der Waals surface area contributed by atoms with E-state index in [4.69, 9.17) is 0 Å². The van der Waals surface area contributed by atoms with Gasteiger partial charge in [0.2, 0.25) is 0 Å². The van der Waals surface area contributed by atoms with Crippen LogP contribution in [0.3, 0.4) is 0 Å². The average molecular weight is 341 g/mol. The van der Waals surface area contributed by atoms with E-state index in [1.807, 2.05) is 42.5 Å². The van der Waals surface area contributed by atoms with Crippen molar-refractivity contribution in [2.75, 3.05) is 6.54 Å². The molecule has 3 nitrogen and oxygen atoms in total. The molecule has 3 rings (SSSR count). The average Bonchev–Trinajstić information content (AvgIpc) is 2.83. The second-order valence-electron chi connectivity index (χ2n) is 4.91. The fourth-order valence-corrected chi connectivity index (χ4v) is 3.92. The number of rotatable bonds is 4. The number of likely N-dealkylation sites (N-methyl/N-ethyl adjacent to an activating group) is 1. The van der Waals surface area contributed by atoms with Gasteiger partial charge in [0.1, 0.15) is 0 Å². The van der Waals surface area contributed by atoms with E-state index in [1.54, 1.807) is 24.8 Å². The van der Waals surface area contributed by atoms with E-state index in [1.165, 1.54) is 9.80 Å². The van der Waals surface area contributed by atoms with Crippen LogP contribution in [-0.2, 0) is 4.79 Å². The highest BCUT2D eigenvalue weighted by atomic mass is 32.2. The van der Waals surface area contributed by atoms with Crippen LogP contribution in [0.1, 0.15) is 12.5 Å². The predicted octanol–water partition coefficient (Wildman–Crippen LogP) is 4.89. The van der Waals surface area contributed by atoms with Gasteiger partial charge in [-0.15, -0.1) is 0 Å². The molecule has 0 atom stereocenters. The second-order valence-corrected chi connectivity index (χ2v) is 7.05. The summed E-state index contributed by atoms with van der Waals surface area (Å²) in [5.41, 5.74) is 0.920. The molecule has 116 valence electrons. The lowest BCUT2D eigenvalue weighted by Crippen LogP contribution is -2.27. The first-order chi connectivity index (χ1) is 11.2. The van der Waals surface area contributed by atoms with Crippen LogP contribution in [-0.4, -0.2) is 22.6 Å². The summed E-state index contributed by atoms with van der Waals surface area (Å²) in [6.07, 6.45) is 1.78. The Labute approximate surface area is 143 Å². The van der Waals surface area contributed by atoms with E-state index >= 15 is 0 Å². The number of carbonyl (C=O) groups is 2. The quantitative estimate of drug-likeness (QED) is 0.742. The lowest BCUT2D eigenvalue weighted by Gasteiger charge is -2.07. The van der Waals surface area contributed by atoms with Crippen molar-refractivity contribution in [1.82, 2.24) is 4.90 Å². The fourth-order valence-electron chi connectivity index (χ4n) is 2.18. The number of thioether (sulfide) groups is 1. The Morgan fingerprint density at radius 2 is 1.65 bits per heavy atom. The summed E-state index contributed by atoms with van der Waals surface area (Å²) in [5, 5.41) is -0.194. The molecule has 1 saturated heterocycles. The molecule has 1 aliphatic heterocycles. The minimum Gasteiger partial charge on any atom is -0.269 e. The summed E-state index contributed by atoms with van der Waals surface area (Å²) in [5.74, 6) is -0.203. The molecule has 5 heteroatoms. The lowest BCUT2D eigenvalue weighted by molar-refractivity contribution is -0.122. The standard InChI is InChI=1S/C18H15NO2S2/c1-2-19-17(20)16(23-18(19)21)12-13-8-10-15(11-9-13)22-14-6-4-3-5-7-14/h3-12H,2H2,1H3/b16-12+. The zero-order valence-corrected chi connectivity index (χ0v) is 14.2. The van der Waals surface area contributed by atoms with Gasteiger partial charge in [-0.05, 0) is 54.6 Å². The highest BCUT2D eigenvalue weighted by molar-refractivity contribution is 8.18. The molecule has 0 spiro atoms. The molecule has 0 bridgehead atoms. The zero-order valence-electron chi connectivity index (χ0n) is 12.6. The van der Waals surface area contributed by atoms with E-state index in [0.717, 1.165) is 22.2 Å². The predicted molar refractivity (Wildman–Crippen MR) is 95.4 cm³/mol. The minimum atomic E-state index is -0.203. The molecular weight excluding hydrogens is 326 g/mol. The van der Waals surface area contributed by atoms with E-state index in [0.29, 0.717) is 11.4 Å². The van der Waals surface area contributed by atoms with Crippen molar-refractivity contribution < 1.29 is 9.59 Å². The van der Waals surface area contributed by atoms with Crippen molar-refractivity contribution in [3.63, 3.8) is 0 Å². The number of hydrogen-bond donors (Lipinski definition) is 0. The summed E-state index contributed by atoms with van der Waals surface area (Å²) < 4.78 is 0. The molecule has 0 N–H and O–H groups in total. The fraction of sp³-hybridized carbons (Fsp3) is 0.111. The Bertz CT molecular complexity index is 754. The van der Waals surface area contributed by atoms with Gasteiger partial charge in [0.25, 0.3) is 11.1 Å². The second kappa shape index (κ2) is 7.06. The van der Waals surface area contributed by atoms with Crippen LogP contribution in [0, 0.1) is 0 Å². The number of benzene rings is 2. The van der Waals surface area contributed by atoms with Crippen LogP contribution < -0.4 is 0 Å². The van der Waals surface area contributed by atoms with E-state index in [-0.39, 0.29) is 11.1 Å². The molecule has 0 aliphatic carbocycles. The molecule has 1 aliphatic rings. The topological polar surface area (TPSA) is 37.4 Å². The van der Waals surface area contributed by atoms with Gasteiger partial charge < -0.3 is 0 Å².